The van der Waals surface area contributed by atoms with E-state index in [1.165, 1.54) is 6.20 Å². The lowest BCUT2D eigenvalue weighted by Crippen LogP contribution is -2.45. The van der Waals surface area contributed by atoms with Crippen molar-refractivity contribution in [1.82, 2.24) is 19.4 Å². The van der Waals surface area contributed by atoms with Crippen molar-refractivity contribution < 1.29 is 18.7 Å². The zero-order chi connectivity index (χ0) is 24.0. The molecule has 34 heavy (non-hydrogen) atoms. The fourth-order valence-corrected chi connectivity index (χ4v) is 4.82. The van der Waals surface area contributed by atoms with Gasteiger partial charge >= 0.3 is 5.97 Å². The predicted octanol–water partition coefficient (Wildman–Crippen LogP) is 2.64. The molecular formula is C24H29F2N5O3. The molecule has 0 atom stereocenters. The molecule has 5 rings (SSSR count). The highest BCUT2D eigenvalue weighted by molar-refractivity contribution is 5.92. The van der Waals surface area contributed by atoms with Gasteiger partial charge in [-0.05, 0) is 44.4 Å². The summed E-state index contributed by atoms with van der Waals surface area (Å²) in [6.45, 7) is 4.75. The van der Waals surface area contributed by atoms with Crippen LogP contribution in [0.3, 0.4) is 0 Å². The molecule has 0 spiro atoms. The van der Waals surface area contributed by atoms with E-state index >= 15 is 4.39 Å². The van der Waals surface area contributed by atoms with Crippen molar-refractivity contribution in [2.45, 2.75) is 31.7 Å². The van der Waals surface area contributed by atoms with Gasteiger partial charge in [0.15, 0.2) is 11.6 Å². The minimum atomic E-state index is -1.33. The number of aromatic nitrogens is 2. The molecule has 10 heteroatoms. The van der Waals surface area contributed by atoms with Crippen molar-refractivity contribution in [1.29, 1.82) is 0 Å². The van der Waals surface area contributed by atoms with Crippen LogP contribution in [0.1, 0.15) is 42.1 Å². The number of anilines is 1. The molecule has 2 aromatic heterocycles. The van der Waals surface area contributed by atoms with E-state index in [0.29, 0.717) is 38.1 Å². The first kappa shape index (κ1) is 22.9. The first-order chi connectivity index (χ1) is 16.3. The molecule has 0 unspecified atom stereocenters. The maximum Gasteiger partial charge on any atom is 0.341 e. The Bertz CT molecular complexity index is 1210. The normalized spacial score (nSPS) is 20.2. The summed E-state index contributed by atoms with van der Waals surface area (Å²) < 4.78 is 31.7. The van der Waals surface area contributed by atoms with Crippen molar-refractivity contribution in [2.24, 2.45) is 0 Å². The summed E-state index contributed by atoms with van der Waals surface area (Å²) in [5.74, 6) is -1.96. The lowest BCUT2D eigenvalue weighted by Gasteiger charge is -2.33. The summed E-state index contributed by atoms with van der Waals surface area (Å²) in [7, 11) is 2.07. The number of nitrogens with zero attached hydrogens (tertiary/aromatic N) is 5. The smallest absolute Gasteiger partial charge is 0.341 e. The van der Waals surface area contributed by atoms with Crippen LogP contribution < -0.4 is 10.3 Å². The SMILES string of the molecule is CN1CCN(CC(F)=C2CCN(c3nc4c(cc3F)c(=O)c(C(=O)O)cn4C3CC3)CC2)CC1. The van der Waals surface area contributed by atoms with Crippen LogP contribution in [0.25, 0.3) is 11.0 Å². The number of hydrogen-bond donors (Lipinski definition) is 1. The van der Waals surface area contributed by atoms with Crippen molar-refractivity contribution in [3.63, 3.8) is 0 Å². The van der Waals surface area contributed by atoms with E-state index in [9.17, 15) is 19.1 Å². The molecule has 0 bridgehead atoms. The molecule has 0 amide bonds. The second-order valence-electron chi connectivity index (χ2n) is 9.56. The fraction of sp³-hybridized carbons (Fsp3) is 0.542. The Kier molecular flexibility index (Phi) is 6.11. The van der Waals surface area contributed by atoms with Gasteiger partial charge < -0.3 is 19.5 Å². The highest BCUT2D eigenvalue weighted by Gasteiger charge is 2.29. The molecule has 2 aliphatic heterocycles. The summed E-state index contributed by atoms with van der Waals surface area (Å²) in [5.41, 5.74) is -0.0297. The summed E-state index contributed by atoms with van der Waals surface area (Å²) in [5, 5.41) is 9.36. The molecule has 1 aliphatic carbocycles. The standard InChI is InChI=1S/C24H29F2N5O3/c1-28-8-10-29(11-9-28)14-20(26)15-4-6-30(7-5-15)23-19(25)12-17-21(32)18(24(33)34)13-31(16-2-3-16)22(17)27-23/h12-13,16H,2-11,14H2,1H3,(H,33,34). The Balaban J connectivity index is 1.37. The molecule has 4 heterocycles. The molecule has 3 fully saturated rings. The van der Waals surface area contributed by atoms with E-state index in [1.807, 2.05) is 0 Å². The van der Waals surface area contributed by atoms with E-state index in [4.69, 9.17) is 0 Å². The predicted molar refractivity (Wildman–Crippen MR) is 125 cm³/mol. The number of rotatable bonds is 5. The van der Waals surface area contributed by atoms with Crippen LogP contribution in [0.15, 0.2) is 28.5 Å². The number of hydrogen-bond acceptors (Lipinski definition) is 6. The van der Waals surface area contributed by atoms with Crippen molar-refractivity contribution in [3.05, 3.63) is 45.3 Å². The van der Waals surface area contributed by atoms with Crippen LogP contribution >= 0.6 is 0 Å². The van der Waals surface area contributed by atoms with Gasteiger partial charge in [-0.25, -0.2) is 18.6 Å². The third kappa shape index (κ3) is 4.44. The zero-order valence-corrected chi connectivity index (χ0v) is 19.3. The van der Waals surface area contributed by atoms with E-state index < -0.39 is 17.2 Å². The Morgan fingerprint density at radius 1 is 1.15 bits per heavy atom. The Morgan fingerprint density at radius 2 is 1.82 bits per heavy atom. The molecule has 182 valence electrons. The zero-order valence-electron chi connectivity index (χ0n) is 19.3. The molecular weight excluding hydrogens is 444 g/mol. The van der Waals surface area contributed by atoms with Crippen LogP contribution in [0.2, 0.25) is 0 Å². The topological polar surface area (TPSA) is 81.9 Å². The number of piperazine rings is 1. The van der Waals surface area contributed by atoms with Crippen LogP contribution in [-0.4, -0.2) is 83.3 Å². The third-order valence-electron chi connectivity index (χ3n) is 7.12. The first-order valence-corrected chi connectivity index (χ1v) is 11.8. The largest absolute Gasteiger partial charge is 0.477 e. The van der Waals surface area contributed by atoms with Crippen LogP contribution in [-0.2, 0) is 0 Å². The highest BCUT2D eigenvalue weighted by Crippen LogP contribution is 2.37. The van der Waals surface area contributed by atoms with Crippen LogP contribution in [0.4, 0.5) is 14.6 Å². The summed E-state index contributed by atoms with van der Waals surface area (Å²) in [4.78, 5) is 34.8. The van der Waals surface area contributed by atoms with Crippen LogP contribution in [0, 0.1) is 5.82 Å². The lowest BCUT2D eigenvalue weighted by atomic mass is 10.0. The molecule has 0 aromatic carbocycles. The Morgan fingerprint density at radius 3 is 2.44 bits per heavy atom. The maximum absolute atomic E-state index is 15.1. The molecule has 2 aromatic rings. The van der Waals surface area contributed by atoms with Gasteiger partial charge in [0, 0.05) is 51.5 Å². The van der Waals surface area contributed by atoms with E-state index in [1.54, 1.807) is 9.47 Å². The number of carboxylic acids is 1. The number of likely N-dealkylation sites (N-methyl/N-ethyl adjacent to an activating group) is 1. The second-order valence-corrected chi connectivity index (χ2v) is 9.56. The van der Waals surface area contributed by atoms with Crippen LogP contribution in [0.5, 0.6) is 0 Å². The number of fused-ring (bicyclic) bond motifs is 1. The van der Waals surface area contributed by atoms with Gasteiger partial charge in [0.1, 0.15) is 17.0 Å². The monoisotopic (exact) mass is 473 g/mol. The van der Waals surface area contributed by atoms with E-state index in [-0.39, 0.29) is 28.6 Å². The number of aromatic carboxylic acids is 1. The average Bonchev–Trinajstić information content (AvgIpc) is 3.66. The Hall–Kier alpha value is -2.85. The fourth-order valence-electron chi connectivity index (χ4n) is 4.82. The summed E-state index contributed by atoms with van der Waals surface area (Å²) in [6, 6.07) is 1.16. The molecule has 1 saturated carbocycles. The van der Waals surface area contributed by atoms with Crippen molar-refractivity contribution in [2.75, 3.05) is 57.8 Å². The van der Waals surface area contributed by atoms with Gasteiger partial charge in [-0.3, -0.25) is 9.69 Å². The average molecular weight is 474 g/mol. The van der Waals surface area contributed by atoms with Crippen molar-refractivity contribution >= 4 is 22.8 Å². The second kappa shape index (κ2) is 9.07. The Labute approximate surface area is 196 Å². The molecule has 0 radical (unpaired) electrons. The summed E-state index contributed by atoms with van der Waals surface area (Å²) >= 11 is 0. The van der Waals surface area contributed by atoms with Gasteiger partial charge in [-0.1, -0.05) is 0 Å². The number of carbonyl (C=O) groups is 1. The lowest BCUT2D eigenvalue weighted by molar-refractivity contribution is 0.0695. The minimum absolute atomic E-state index is 0.0242. The van der Waals surface area contributed by atoms with Gasteiger partial charge in [-0.2, -0.15) is 0 Å². The first-order valence-electron chi connectivity index (χ1n) is 11.8. The number of pyridine rings is 2. The number of carboxylic acid groups (broad SMARTS) is 1. The van der Waals surface area contributed by atoms with Gasteiger partial charge in [0.2, 0.25) is 5.43 Å². The molecule has 2 saturated heterocycles. The molecule has 3 aliphatic rings. The summed E-state index contributed by atoms with van der Waals surface area (Å²) in [6.07, 6.45) is 4.02. The quantitative estimate of drug-likeness (QED) is 0.715. The third-order valence-corrected chi connectivity index (χ3v) is 7.12. The van der Waals surface area contributed by atoms with Crippen molar-refractivity contribution in [3.8, 4) is 0 Å². The molecule has 1 N–H and O–H groups in total. The van der Waals surface area contributed by atoms with E-state index in [0.717, 1.165) is 50.7 Å². The molecule has 8 nitrogen and oxygen atoms in total. The maximum atomic E-state index is 15.1. The highest BCUT2D eigenvalue weighted by atomic mass is 19.1. The number of piperidine rings is 1. The minimum Gasteiger partial charge on any atom is -0.477 e. The van der Waals surface area contributed by atoms with E-state index in [2.05, 4.69) is 21.8 Å². The van der Waals surface area contributed by atoms with Gasteiger partial charge in [0.25, 0.3) is 0 Å². The number of halogens is 2. The van der Waals surface area contributed by atoms with Gasteiger partial charge in [0.05, 0.1) is 11.9 Å². The van der Waals surface area contributed by atoms with Gasteiger partial charge in [-0.15, -0.1) is 0 Å².